The van der Waals surface area contributed by atoms with Crippen molar-refractivity contribution in [2.24, 2.45) is 5.41 Å². The van der Waals surface area contributed by atoms with Crippen LogP contribution in [-0.2, 0) is 11.3 Å². The molecule has 8 nitrogen and oxygen atoms in total. The quantitative estimate of drug-likeness (QED) is 0.665. The first-order valence-corrected chi connectivity index (χ1v) is 9.46. The van der Waals surface area contributed by atoms with E-state index in [0.29, 0.717) is 24.2 Å². The fourth-order valence-corrected chi connectivity index (χ4v) is 4.34. The van der Waals surface area contributed by atoms with Crippen molar-refractivity contribution in [3.63, 3.8) is 0 Å². The number of hydrogen-bond acceptors (Lipinski definition) is 6. The number of aliphatic hydroxyl groups excluding tert-OH is 2. The van der Waals surface area contributed by atoms with Gasteiger partial charge in [-0.3, -0.25) is 4.90 Å². The average molecular weight is 392 g/mol. The number of β-amino-alcohol motifs (C(OH)–C–C–N with tert-alkyl or cyclic N) is 1. The van der Waals surface area contributed by atoms with Gasteiger partial charge in [-0.05, 0) is 23.1 Å². The summed E-state index contributed by atoms with van der Waals surface area (Å²) >= 11 is 0. The molecule has 3 rings (SSSR count). The van der Waals surface area contributed by atoms with Crippen molar-refractivity contribution < 1.29 is 29.6 Å². The molecule has 2 unspecified atom stereocenters. The number of fused-ring (bicyclic) bond motifs is 1. The Balaban J connectivity index is 1.79. The molecule has 3 N–H and O–H groups in total. The predicted molar refractivity (Wildman–Crippen MR) is 101 cm³/mol. The summed E-state index contributed by atoms with van der Waals surface area (Å²) in [6.07, 6.45) is -1.83. The standard InChI is InChI=1S/C20H28N2O6/c1-20(2,3)17-15(10-23)21(6-7-22(17)19(26)27)9-16(24)12-4-5-14-13(8-12)11-28-18(14)25/h4-5,8,15-17,23-24H,6-7,9-11H2,1-3H3,(H,26,27)/t15-,16?,17?/m1/s1. The zero-order chi connectivity index (χ0) is 20.6. The van der Waals surface area contributed by atoms with Gasteiger partial charge < -0.3 is 25.0 Å². The first-order chi connectivity index (χ1) is 13.1. The summed E-state index contributed by atoms with van der Waals surface area (Å²) in [5.41, 5.74) is 1.57. The highest BCUT2D eigenvalue weighted by Crippen LogP contribution is 2.33. The number of carbonyl (C=O) groups is 2. The molecule has 28 heavy (non-hydrogen) atoms. The molecule has 0 spiro atoms. The van der Waals surface area contributed by atoms with Crippen LogP contribution < -0.4 is 0 Å². The smallest absolute Gasteiger partial charge is 0.407 e. The number of carbonyl (C=O) groups excluding carboxylic acids is 1. The lowest BCUT2D eigenvalue weighted by Gasteiger charge is -2.51. The molecule has 154 valence electrons. The van der Waals surface area contributed by atoms with Crippen LogP contribution in [0.2, 0.25) is 0 Å². The van der Waals surface area contributed by atoms with Crippen LogP contribution >= 0.6 is 0 Å². The van der Waals surface area contributed by atoms with Gasteiger partial charge in [-0.1, -0.05) is 26.8 Å². The van der Waals surface area contributed by atoms with Gasteiger partial charge in [0, 0.05) is 25.2 Å². The van der Waals surface area contributed by atoms with Gasteiger partial charge in [-0.25, -0.2) is 9.59 Å². The summed E-state index contributed by atoms with van der Waals surface area (Å²) in [5.74, 6) is -0.353. The summed E-state index contributed by atoms with van der Waals surface area (Å²) in [6.45, 7) is 6.86. The maximum absolute atomic E-state index is 11.7. The van der Waals surface area contributed by atoms with E-state index in [2.05, 4.69) is 0 Å². The van der Waals surface area contributed by atoms with Crippen molar-refractivity contribution in [3.05, 3.63) is 34.9 Å². The van der Waals surface area contributed by atoms with E-state index in [9.17, 15) is 24.9 Å². The molecule has 8 heteroatoms. The molecule has 0 aromatic heterocycles. The van der Waals surface area contributed by atoms with Crippen LogP contribution in [0.4, 0.5) is 4.79 Å². The van der Waals surface area contributed by atoms with Crippen molar-refractivity contribution in [2.75, 3.05) is 26.2 Å². The Kier molecular flexibility index (Phi) is 5.65. The van der Waals surface area contributed by atoms with Crippen molar-refractivity contribution in [2.45, 2.75) is 45.6 Å². The molecular formula is C20H28N2O6. The Morgan fingerprint density at radius 3 is 2.64 bits per heavy atom. The van der Waals surface area contributed by atoms with Gasteiger partial charge in [0.2, 0.25) is 0 Å². The molecule has 0 aliphatic carbocycles. The lowest BCUT2D eigenvalue weighted by molar-refractivity contribution is -0.0540. The van der Waals surface area contributed by atoms with Crippen LogP contribution in [-0.4, -0.2) is 75.5 Å². The normalized spacial score (nSPS) is 24.0. The van der Waals surface area contributed by atoms with Crippen LogP contribution in [0.25, 0.3) is 0 Å². The molecule has 1 aromatic carbocycles. The van der Waals surface area contributed by atoms with E-state index in [1.165, 1.54) is 4.90 Å². The zero-order valence-electron chi connectivity index (χ0n) is 16.5. The number of esters is 1. The fraction of sp³-hybridized carbons (Fsp3) is 0.600. The number of benzene rings is 1. The van der Waals surface area contributed by atoms with E-state index < -0.39 is 24.3 Å². The second-order valence-corrected chi connectivity index (χ2v) is 8.54. The second-order valence-electron chi connectivity index (χ2n) is 8.54. The van der Waals surface area contributed by atoms with Gasteiger partial charge in [0.15, 0.2) is 0 Å². The Labute approximate surface area is 164 Å². The number of ether oxygens (including phenoxy) is 1. The van der Waals surface area contributed by atoms with Crippen LogP contribution in [0.5, 0.6) is 0 Å². The van der Waals surface area contributed by atoms with Gasteiger partial charge in [-0.15, -0.1) is 0 Å². The molecule has 1 amide bonds. The molecule has 2 aliphatic rings. The number of nitrogens with zero attached hydrogens (tertiary/aromatic N) is 2. The second kappa shape index (κ2) is 7.69. The largest absolute Gasteiger partial charge is 0.465 e. The number of piperazine rings is 1. The average Bonchev–Trinajstić information content (AvgIpc) is 3.00. The van der Waals surface area contributed by atoms with Gasteiger partial charge in [0.05, 0.1) is 30.4 Å². The third-order valence-corrected chi connectivity index (χ3v) is 5.62. The van der Waals surface area contributed by atoms with Crippen molar-refractivity contribution >= 4 is 12.1 Å². The Morgan fingerprint density at radius 2 is 2.04 bits per heavy atom. The van der Waals surface area contributed by atoms with Gasteiger partial charge in [0.25, 0.3) is 0 Å². The summed E-state index contributed by atoms with van der Waals surface area (Å²) in [6, 6.07) is 4.32. The van der Waals surface area contributed by atoms with Crippen LogP contribution in [0.3, 0.4) is 0 Å². The third-order valence-electron chi connectivity index (χ3n) is 5.62. The fourth-order valence-electron chi connectivity index (χ4n) is 4.34. The molecule has 0 saturated carbocycles. The van der Waals surface area contributed by atoms with Crippen LogP contribution in [0, 0.1) is 5.41 Å². The molecule has 3 atom stereocenters. The minimum absolute atomic E-state index is 0.203. The highest BCUT2D eigenvalue weighted by Gasteiger charge is 2.45. The maximum atomic E-state index is 11.7. The van der Waals surface area contributed by atoms with Crippen molar-refractivity contribution in [3.8, 4) is 0 Å². The third kappa shape index (κ3) is 3.85. The first kappa shape index (κ1) is 20.6. The van der Waals surface area contributed by atoms with E-state index in [-0.39, 0.29) is 31.1 Å². The Morgan fingerprint density at radius 1 is 1.32 bits per heavy atom. The Bertz CT molecular complexity index is 760. The molecule has 1 saturated heterocycles. The van der Waals surface area contributed by atoms with Gasteiger partial charge >= 0.3 is 12.1 Å². The van der Waals surface area contributed by atoms with Crippen molar-refractivity contribution in [1.82, 2.24) is 9.80 Å². The highest BCUT2D eigenvalue weighted by molar-refractivity contribution is 5.93. The van der Waals surface area contributed by atoms with Gasteiger partial charge in [0.1, 0.15) is 6.61 Å². The summed E-state index contributed by atoms with van der Waals surface area (Å²) in [7, 11) is 0. The maximum Gasteiger partial charge on any atom is 0.407 e. The first-order valence-electron chi connectivity index (χ1n) is 9.46. The minimum atomic E-state index is -0.998. The van der Waals surface area contributed by atoms with E-state index >= 15 is 0 Å². The molecule has 0 bridgehead atoms. The lowest BCUT2D eigenvalue weighted by Crippen LogP contribution is -2.66. The highest BCUT2D eigenvalue weighted by atomic mass is 16.5. The Hall–Kier alpha value is -2.16. The number of amides is 1. The topological polar surface area (TPSA) is 111 Å². The zero-order valence-corrected chi connectivity index (χ0v) is 16.5. The number of carboxylic acid groups (broad SMARTS) is 1. The molecule has 2 aliphatic heterocycles. The SMILES string of the molecule is CC(C)(C)C1[C@@H](CO)N(CC(O)c2ccc3c(c2)COC3=O)CCN1C(=O)O. The number of cyclic esters (lactones) is 1. The molecule has 1 aromatic rings. The molecular weight excluding hydrogens is 364 g/mol. The molecule has 0 radical (unpaired) electrons. The summed E-state index contributed by atoms with van der Waals surface area (Å²) in [5, 5.41) is 30.4. The lowest BCUT2D eigenvalue weighted by atomic mass is 9.79. The minimum Gasteiger partial charge on any atom is -0.465 e. The van der Waals surface area contributed by atoms with Crippen molar-refractivity contribution in [1.29, 1.82) is 0 Å². The van der Waals surface area contributed by atoms with E-state index in [0.717, 1.165) is 5.56 Å². The number of rotatable bonds is 4. The molecule has 1 fully saturated rings. The predicted octanol–water partition coefficient (Wildman–Crippen LogP) is 1.46. The van der Waals surface area contributed by atoms with Crippen LogP contribution in [0.15, 0.2) is 18.2 Å². The van der Waals surface area contributed by atoms with E-state index in [1.54, 1.807) is 18.2 Å². The number of hydrogen-bond donors (Lipinski definition) is 3. The summed E-state index contributed by atoms with van der Waals surface area (Å²) < 4.78 is 5.00. The van der Waals surface area contributed by atoms with E-state index in [4.69, 9.17) is 4.74 Å². The van der Waals surface area contributed by atoms with E-state index in [1.807, 2.05) is 25.7 Å². The number of aliphatic hydroxyl groups is 2. The summed E-state index contributed by atoms with van der Waals surface area (Å²) in [4.78, 5) is 26.6. The van der Waals surface area contributed by atoms with Gasteiger partial charge in [-0.2, -0.15) is 0 Å². The monoisotopic (exact) mass is 392 g/mol. The molecule has 2 heterocycles. The van der Waals surface area contributed by atoms with Crippen LogP contribution in [0.1, 0.15) is 48.4 Å².